The molecule has 136 valence electrons. The molecule has 0 bridgehead atoms. The van der Waals surface area contributed by atoms with Crippen molar-refractivity contribution in [1.29, 1.82) is 0 Å². The zero-order chi connectivity index (χ0) is 18.5. The zero-order valence-electron chi connectivity index (χ0n) is 15.0. The van der Waals surface area contributed by atoms with E-state index >= 15 is 0 Å². The predicted octanol–water partition coefficient (Wildman–Crippen LogP) is 5.62. The maximum atomic E-state index is 5.44. The molecule has 3 nitrogen and oxygen atoms in total. The van der Waals surface area contributed by atoms with Gasteiger partial charge >= 0.3 is 0 Å². The lowest BCUT2D eigenvalue weighted by Gasteiger charge is -2.08. The van der Waals surface area contributed by atoms with Crippen molar-refractivity contribution in [2.45, 2.75) is 18.7 Å². The highest BCUT2D eigenvalue weighted by Gasteiger charge is 2.08. The molecule has 1 N–H and O–H groups in total. The normalized spacial score (nSPS) is 11.1. The van der Waals surface area contributed by atoms with Crippen molar-refractivity contribution in [3.63, 3.8) is 0 Å². The van der Waals surface area contributed by atoms with Crippen molar-refractivity contribution >= 4 is 34.8 Å². The number of aromatic nitrogens is 3. The SMILES string of the molecule is S=c1[nH]nc(Cc2ccc3ccccc3c2)n1CCSCc1ccccc1. The van der Waals surface area contributed by atoms with Crippen LogP contribution >= 0.6 is 24.0 Å². The van der Waals surface area contributed by atoms with Gasteiger partial charge in [0.25, 0.3) is 0 Å². The van der Waals surface area contributed by atoms with E-state index in [0.717, 1.165) is 30.3 Å². The summed E-state index contributed by atoms with van der Waals surface area (Å²) >= 11 is 7.37. The van der Waals surface area contributed by atoms with Crippen LogP contribution in [0.25, 0.3) is 10.8 Å². The van der Waals surface area contributed by atoms with Crippen LogP contribution in [0.5, 0.6) is 0 Å². The third-order valence-corrected chi connectivity index (χ3v) is 5.90. The number of rotatable bonds is 7. The molecule has 0 aliphatic heterocycles. The number of nitrogens with one attached hydrogen (secondary N) is 1. The number of H-pyrrole nitrogens is 1. The first-order valence-electron chi connectivity index (χ1n) is 9.03. The summed E-state index contributed by atoms with van der Waals surface area (Å²) in [7, 11) is 0. The Labute approximate surface area is 168 Å². The lowest BCUT2D eigenvalue weighted by molar-refractivity contribution is 0.711. The summed E-state index contributed by atoms with van der Waals surface area (Å²) < 4.78 is 2.83. The Hall–Kier alpha value is -2.37. The molecule has 0 amide bonds. The molecule has 4 rings (SSSR count). The van der Waals surface area contributed by atoms with Crippen molar-refractivity contribution in [1.82, 2.24) is 14.8 Å². The van der Waals surface area contributed by atoms with E-state index in [1.807, 2.05) is 11.8 Å². The minimum absolute atomic E-state index is 0.700. The predicted molar refractivity (Wildman–Crippen MR) is 117 cm³/mol. The summed E-state index contributed by atoms with van der Waals surface area (Å²) in [4.78, 5) is 0. The van der Waals surface area contributed by atoms with Crippen molar-refractivity contribution in [2.24, 2.45) is 0 Å². The number of benzene rings is 3. The van der Waals surface area contributed by atoms with Gasteiger partial charge in [-0.2, -0.15) is 16.9 Å². The summed E-state index contributed by atoms with van der Waals surface area (Å²) in [5.41, 5.74) is 2.61. The maximum Gasteiger partial charge on any atom is 0.195 e. The number of fused-ring (bicyclic) bond motifs is 1. The molecule has 5 heteroatoms. The second kappa shape index (κ2) is 8.55. The van der Waals surface area contributed by atoms with Crippen molar-refractivity contribution < 1.29 is 0 Å². The molecule has 0 radical (unpaired) electrons. The lowest BCUT2D eigenvalue weighted by atomic mass is 10.0. The second-order valence-electron chi connectivity index (χ2n) is 6.49. The maximum absolute atomic E-state index is 5.44. The molecule has 0 atom stereocenters. The van der Waals surface area contributed by atoms with Crippen molar-refractivity contribution in [2.75, 3.05) is 5.75 Å². The number of aromatic amines is 1. The van der Waals surface area contributed by atoms with Crippen molar-refractivity contribution in [3.05, 3.63) is 94.5 Å². The van der Waals surface area contributed by atoms with Crippen LogP contribution in [0.2, 0.25) is 0 Å². The molecule has 0 saturated heterocycles. The Bertz CT molecular complexity index is 1080. The zero-order valence-corrected chi connectivity index (χ0v) is 16.6. The molecule has 4 aromatic rings. The van der Waals surface area contributed by atoms with Gasteiger partial charge < -0.3 is 4.57 Å². The Morgan fingerprint density at radius 1 is 0.889 bits per heavy atom. The third-order valence-electron chi connectivity index (χ3n) is 4.58. The Morgan fingerprint density at radius 3 is 2.52 bits per heavy atom. The van der Waals surface area contributed by atoms with Crippen LogP contribution < -0.4 is 0 Å². The molecule has 27 heavy (non-hydrogen) atoms. The molecule has 0 unspecified atom stereocenters. The fourth-order valence-electron chi connectivity index (χ4n) is 3.17. The molecule has 0 aliphatic carbocycles. The highest BCUT2D eigenvalue weighted by Crippen LogP contribution is 2.18. The topological polar surface area (TPSA) is 33.6 Å². The summed E-state index contributed by atoms with van der Waals surface area (Å²) in [6.07, 6.45) is 0.779. The Balaban J connectivity index is 1.42. The number of hydrogen-bond acceptors (Lipinski definition) is 3. The Kier molecular flexibility index (Phi) is 5.70. The van der Waals surface area contributed by atoms with Crippen LogP contribution in [-0.2, 0) is 18.7 Å². The average Bonchev–Trinajstić information content (AvgIpc) is 3.05. The van der Waals surface area contributed by atoms with E-state index in [1.54, 1.807) is 0 Å². The first-order chi connectivity index (χ1) is 13.3. The van der Waals surface area contributed by atoms with Crippen LogP contribution in [0.3, 0.4) is 0 Å². The minimum Gasteiger partial charge on any atom is -0.303 e. The molecule has 0 saturated carbocycles. The van der Waals surface area contributed by atoms with Crippen LogP contribution in [0.1, 0.15) is 17.0 Å². The largest absolute Gasteiger partial charge is 0.303 e. The first kappa shape index (κ1) is 18.0. The van der Waals surface area contributed by atoms with E-state index in [1.165, 1.54) is 21.9 Å². The fourth-order valence-corrected chi connectivity index (χ4v) is 4.29. The third kappa shape index (κ3) is 4.49. The van der Waals surface area contributed by atoms with Gasteiger partial charge in [-0.15, -0.1) is 0 Å². The molecular weight excluding hydrogens is 370 g/mol. The van der Waals surface area contributed by atoms with Crippen LogP contribution in [0.15, 0.2) is 72.8 Å². The molecule has 0 aliphatic rings. The monoisotopic (exact) mass is 391 g/mol. The van der Waals surface area contributed by atoms with Gasteiger partial charge in [0.1, 0.15) is 5.82 Å². The summed E-state index contributed by atoms with van der Waals surface area (Å²) in [6, 6.07) is 25.6. The van der Waals surface area contributed by atoms with Crippen molar-refractivity contribution in [3.8, 4) is 0 Å². The van der Waals surface area contributed by atoms with E-state index in [9.17, 15) is 0 Å². The molecular formula is C22H21N3S2. The van der Waals surface area contributed by atoms with E-state index in [2.05, 4.69) is 87.6 Å². The van der Waals surface area contributed by atoms with Gasteiger partial charge in [-0.3, -0.25) is 5.10 Å². The molecule has 0 spiro atoms. The Morgan fingerprint density at radius 2 is 1.67 bits per heavy atom. The van der Waals surface area contributed by atoms with Gasteiger partial charge in [0.2, 0.25) is 0 Å². The quantitative estimate of drug-likeness (QED) is 0.328. The first-order valence-corrected chi connectivity index (χ1v) is 10.6. The summed E-state index contributed by atoms with van der Waals surface area (Å²) in [5.74, 6) is 3.02. The van der Waals surface area contributed by atoms with Gasteiger partial charge in [0, 0.05) is 24.5 Å². The van der Waals surface area contributed by atoms with Gasteiger partial charge in [-0.1, -0.05) is 72.8 Å². The van der Waals surface area contributed by atoms with Gasteiger partial charge in [0.15, 0.2) is 4.77 Å². The molecule has 1 heterocycles. The number of nitrogens with zero attached hydrogens (tertiary/aromatic N) is 2. The van der Waals surface area contributed by atoms with Gasteiger partial charge in [-0.25, -0.2) is 0 Å². The second-order valence-corrected chi connectivity index (χ2v) is 7.98. The van der Waals surface area contributed by atoms with Crippen LogP contribution in [0.4, 0.5) is 0 Å². The molecule has 1 aromatic heterocycles. The van der Waals surface area contributed by atoms with Gasteiger partial charge in [-0.05, 0) is 34.1 Å². The van der Waals surface area contributed by atoms with E-state index in [0.29, 0.717) is 4.77 Å². The van der Waals surface area contributed by atoms with E-state index < -0.39 is 0 Å². The molecule has 0 fully saturated rings. The smallest absolute Gasteiger partial charge is 0.195 e. The standard InChI is InChI=1S/C22H21N3S2/c26-22-24-23-21(15-18-10-11-19-8-4-5-9-20(19)14-18)25(22)12-13-27-16-17-6-2-1-3-7-17/h1-11,14H,12-13,15-16H2,(H,24,26). The average molecular weight is 392 g/mol. The van der Waals surface area contributed by atoms with E-state index in [4.69, 9.17) is 12.2 Å². The highest BCUT2D eigenvalue weighted by atomic mass is 32.2. The summed E-state index contributed by atoms with van der Waals surface area (Å²) in [5, 5.41) is 9.94. The lowest BCUT2D eigenvalue weighted by Crippen LogP contribution is -2.07. The van der Waals surface area contributed by atoms with E-state index in [-0.39, 0.29) is 0 Å². The number of thioether (sulfide) groups is 1. The molecule has 3 aromatic carbocycles. The fraction of sp³-hybridized carbons (Fsp3) is 0.182. The van der Waals surface area contributed by atoms with Crippen LogP contribution in [0, 0.1) is 4.77 Å². The highest BCUT2D eigenvalue weighted by molar-refractivity contribution is 7.98. The van der Waals surface area contributed by atoms with Gasteiger partial charge in [0.05, 0.1) is 0 Å². The minimum atomic E-state index is 0.700. The number of hydrogen-bond donors (Lipinski definition) is 1. The van der Waals surface area contributed by atoms with Crippen LogP contribution in [-0.4, -0.2) is 20.5 Å². The summed E-state index contributed by atoms with van der Waals surface area (Å²) in [6.45, 7) is 0.871.